The van der Waals surface area contributed by atoms with Crippen LogP contribution in [0.2, 0.25) is 10.0 Å². The Morgan fingerprint density at radius 1 is 1.19 bits per heavy atom. The highest BCUT2D eigenvalue weighted by Gasteiger charge is 2.18. The first-order valence-electron chi connectivity index (χ1n) is 7.83. The molecule has 1 unspecified atom stereocenters. The van der Waals surface area contributed by atoms with E-state index in [1.165, 1.54) is 17.8 Å². The topological polar surface area (TPSA) is 39.9 Å². The zero-order valence-electron chi connectivity index (χ0n) is 14.1. The minimum absolute atomic E-state index is 0.322. The molecule has 4 nitrogen and oxygen atoms in total. The second-order valence-electron chi connectivity index (χ2n) is 5.61. The van der Waals surface area contributed by atoms with E-state index >= 15 is 0 Å². The molecule has 3 aromatic rings. The summed E-state index contributed by atoms with van der Waals surface area (Å²) in [6, 6.07) is 11.8. The van der Waals surface area contributed by atoms with Crippen LogP contribution in [-0.2, 0) is 12.8 Å². The molecule has 26 heavy (non-hydrogen) atoms. The van der Waals surface area contributed by atoms with E-state index in [1.54, 1.807) is 24.3 Å². The fourth-order valence-electron chi connectivity index (χ4n) is 2.41. The predicted octanol–water partition coefficient (Wildman–Crippen LogP) is 5.69. The molecule has 0 aliphatic rings. The first-order chi connectivity index (χ1) is 12.5. The average Bonchev–Trinajstić information content (AvgIpc) is 2.95. The van der Waals surface area contributed by atoms with Gasteiger partial charge in [-0.15, -0.1) is 10.2 Å². The molecule has 0 saturated carbocycles. The summed E-state index contributed by atoms with van der Waals surface area (Å²) in [6.07, 6.45) is -0.322. The third-order valence-corrected chi connectivity index (χ3v) is 5.38. The Hall–Kier alpha value is -1.76. The quantitative estimate of drug-likeness (QED) is 0.488. The van der Waals surface area contributed by atoms with Crippen LogP contribution in [0, 0.1) is 5.82 Å². The number of halogens is 3. The summed E-state index contributed by atoms with van der Waals surface area (Å²) in [7, 11) is 1.85. The molecule has 8 heteroatoms. The number of thioether (sulfide) groups is 1. The van der Waals surface area contributed by atoms with E-state index in [1.807, 2.05) is 30.7 Å². The van der Waals surface area contributed by atoms with Gasteiger partial charge < -0.3 is 9.30 Å². The Morgan fingerprint density at radius 2 is 1.96 bits per heavy atom. The summed E-state index contributed by atoms with van der Waals surface area (Å²) in [5.41, 5.74) is 0.451. The van der Waals surface area contributed by atoms with Crippen molar-refractivity contribution in [2.24, 2.45) is 7.05 Å². The van der Waals surface area contributed by atoms with E-state index in [9.17, 15) is 4.39 Å². The van der Waals surface area contributed by atoms with Gasteiger partial charge in [-0.25, -0.2) is 4.39 Å². The fourth-order valence-corrected chi connectivity index (χ4v) is 3.85. The zero-order valence-corrected chi connectivity index (χ0v) is 16.4. The van der Waals surface area contributed by atoms with Gasteiger partial charge in [0.05, 0.1) is 0 Å². The second kappa shape index (κ2) is 8.29. The van der Waals surface area contributed by atoms with Crippen molar-refractivity contribution in [1.82, 2.24) is 14.8 Å². The molecule has 136 valence electrons. The summed E-state index contributed by atoms with van der Waals surface area (Å²) < 4.78 is 21.6. The van der Waals surface area contributed by atoms with Crippen molar-refractivity contribution < 1.29 is 9.13 Å². The monoisotopic (exact) mass is 411 g/mol. The van der Waals surface area contributed by atoms with Crippen LogP contribution in [0.4, 0.5) is 4.39 Å². The number of aromatic nitrogens is 3. The molecule has 0 aliphatic heterocycles. The van der Waals surface area contributed by atoms with E-state index in [0.717, 1.165) is 0 Å². The maximum absolute atomic E-state index is 13.9. The molecule has 0 fully saturated rings. The molecule has 3 rings (SSSR count). The van der Waals surface area contributed by atoms with Crippen LogP contribution in [0.25, 0.3) is 0 Å². The molecule has 0 amide bonds. The normalized spacial score (nSPS) is 12.2. The predicted molar refractivity (Wildman–Crippen MR) is 102 cm³/mol. The highest BCUT2D eigenvalue weighted by atomic mass is 35.5. The summed E-state index contributed by atoms with van der Waals surface area (Å²) in [5.74, 6) is 1.35. The molecule has 0 bridgehead atoms. The largest absolute Gasteiger partial charge is 0.483 e. The van der Waals surface area contributed by atoms with Crippen molar-refractivity contribution >= 4 is 35.0 Å². The minimum Gasteiger partial charge on any atom is -0.483 e. The molecule has 0 saturated heterocycles. The van der Waals surface area contributed by atoms with Gasteiger partial charge in [0.15, 0.2) is 17.1 Å². The summed E-state index contributed by atoms with van der Waals surface area (Å²) >= 11 is 13.4. The molecular formula is C18H16Cl2FN3OS. The number of rotatable bonds is 6. The van der Waals surface area contributed by atoms with Gasteiger partial charge >= 0.3 is 0 Å². The van der Waals surface area contributed by atoms with Gasteiger partial charge in [0, 0.05) is 28.4 Å². The molecule has 0 N–H and O–H groups in total. The lowest BCUT2D eigenvalue weighted by atomic mass is 10.2. The summed E-state index contributed by atoms with van der Waals surface area (Å²) in [5, 5.41) is 10.0. The van der Waals surface area contributed by atoms with Crippen LogP contribution in [0.1, 0.15) is 24.4 Å². The van der Waals surface area contributed by atoms with Gasteiger partial charge in [-0.1, -0.05) is 47.1 Å². The van der Waals surface area contributed by atoms with Gasteiger partial charge in [-0.2, -0.15) is 0 Å². The smallest absolute Gasteiger partial charge is 0.191 e. The lowest BCUT2D eigenvalue weighted by molar-refractivity contribution is 0.211. The molecule has 0 radical (unpaired) electrons. The molecule has 2 aromatic carbocycles. The fraction of sp³-hybridized carbons (Fsp3) is 0.222. The zero-order chi connectivity index (χ0) is 18.7. The number of nitrogens with zero attached hydrogens (tertiary/aromatic N) is 3. The number of benzene rings is 2. The minimum atomic E-state index is -0.329. The lowest BCUT2D eigenvalue weighted by Crippen LogP contribution is -2.10. The SMILES string of the molecule is CC(Oc1cccc(Cl)c1)c1nnc(SCc2c(F)cccc2Cl)n1C. The average molecular weight is 412 g/mol. The Labute approximate surface area is 165 Å². The van der Waals surface area contributed by atoms with E-state index in [0.29, 0.717) is 38.1 Å². The second-order valence-corrected chi connectivity index (χ2v) is 7.39. The Balaban J connectivity index is 1.71. The Morgan fingerprint density at radius 3 is 2.69 bits per heavy atom. The van der Waals surface area contributed by atoms with Gasteiger partial charge in [0.1, 0.15) is 11.6 Å². The Bertz CT molecular complexity index is 899. The summed E-state index contributed by atoms with van der Waals surface area (Å²) in [4.78, 5) is 0. The van der Waals surface area contributed by atoms with Gasteiger partial charge in [0.2, 0.25) is 0 Å². The standard InChI is InChI=1S/C18H16Cl2FN3OS/c1-11(25-13-6-3-5-12(19)9-13)17-22-23-18(24(17)2)26-10-14-15(20)7-4-8-16(14)21/h3-9,11H,10H2,1-2H3. The molecule has 0 aliphatic carbocycles. The van der Waals surface area contributed by atoms with Gasteiger partial charge in [0.25, 0.3) is 0 Å². The maximum Gasteiger partial charge on any atom is 0.191 e. The molecule has 1 atom stereocenters. The van der Waals surface area contributed by atoms with Crippen LogP contribution in [0.3, 0.4) is 0 Å². The molecule has 1 heterocycles. The summed E-state index contributed by atoms with van der Waals surface area (Å²) in [6.45, 7) is 1.88. The highest BCUT2D eigenvalue weighted by Crippen LogP contribution is 2.29. The van der Waals surface area contributed by atoms with E-state index in [-0.39, 0.29) is 11.9 Å². The molecule has 1 aromatic heterocycles. The van der Waals surface area contributed by atoms with Crippen molar-refractivity contribution in [1.29, 1.82) is 0 Å². The van der Waals surface area contributed by atoms with Crippen molar-refractivity contribution in [3.8, 4) is 5.75 Å². The van der Waals surface area contributed by atoms with Gasteiger partial charge in [-0.05, 0) is 37.3 Å². The van der Waals surface area contributed by atoms with Crippen LogP contribution in [-0.4, -0.2) is 14.8 Å². The molecule has 0 spiro atoms. The van der Waals surface area contributed by atoms with Crippen LogP contribution in [0.15, 0.2) is 47.6 Å². The van der Waals surface area contributed by atoms with Crippen LogP contribution >= 0.6 is 35.0 Å². The van der Waals surface area contributed by atoms with E-state index in [4.69, 9.17) is 27.9 Å². The van der Waals surface area contributed by atoms with Crippen molar-refractivity contribution in [2.75, 3.05) is 0 Å². The third-order valence-electron chi connectivity index (χ3n) is 3.75. The lowest BCUT2D eigenvalue weighted by Gasteiger charge is -2.14. The van der Waals surface area contributed by atoms with Crippen LogP contribution < -0.4 is 4.74 Å². The maximum atomic E-state index is 13.9. The number of hydrogen-bond acceptors (Lipinski definition) is 4. The van der Waals surface area contributed by atoms with Crippen molar-refractivity contribution in [2.45, 2.75) is 23.9 Å². The number of hydrogen-bond donors (Lipinski definition) is 0. The molecular weight excluding hydrogens is 396 g/mol. The first kappa shape index (κ1) is 19.0. The van der Waals surface area contributed by atoms with Crippen molar-refractivity contribution in [3.63, 3.8) is 0 Å². The number of ether oxygens (including phenoxy) is 1. The Kier molecular flexibility index (Phi) is 6.06. The highest BCUT2D eigenvalue weighted by molar-refractivity contribution is 7.98. The van der Waals surface area contributed by atoms with E-state index < -0.39 is 0 Å². The van der Waals surface area contributed by atoms with Gasteiger partial charge in [-0.3, -0.25) is 0 Å². The first-order valence-corrected chi connectivity index (χ1v) is 9.57. The van der Waals surface area contributed by atoms with E-state index in [2.05, 4.69) is 10.2 Å². The third kappa shape index (κ3) is 4.31. The van der Waals surface area contributed by atoms with Crippen LogP contribution in [0.5, 0.6) is 5.75 Å². The van der Waals surface area contributed by atoms with Crippen molar-refractivity contribution in [3.05, 3.63) is 69.7 Å².